The predicted octanol–water partition coefficient (Wildman–Crippen LogP) is 1.73. The smallest absolute Gasteiger partial charge is 0.00424 e. The summed E-state index contributed by atoms with van der Waals surface area (Å²) in [6.07, 6.45) is 2.91. The maximum atomic E-state index is 5.01. The number of rotatable bonds is 1. The zero-order valence-corrected chi connectivity index (χ0v) is 3.44. The fourth-order valence-electron chi connectivity index (χ4n) is 0.0420. The molecule has 0 amide bonds. The molecule has 1 radical (unpaired) electrons. The van der Waals surface area contributed by atoms with E-state index in [0.717, 1.165) is 0 Å². The first-order valence-corrected chi connectivity index (χ1v) is 1.65. The summed E-state index contributed by atoms with van der Waals surface area (Å²) in [5.41, 5.74) is 1.35. The van der Waals surface area contributed by atoms with Crippen molar-refractivity contribution in [2.75, 3.05) is 0 Å². The van der Waals surface area contributed by atoms with Crippen LogP contribution in [0.2, 0.25) is 0 Å². The Kier molecular flexibility index (Phi) is 3.60. The Morgan fingerprint density at radius 2 is 2.20 bits per heavy atom. The zero-order chi connectivity index (χ0) is 4.12. The summed E-state index contributed by atoms with van der Waals surface area (Å²) in [5.74, 6) is 0. The first kappa shape index (κ1) is 4.77. The van der Waals surface area contributed by atoms with E-state index in [1.54, 1.807) is 6.08 Å². The lowest BCUT2D eigenvalue weighted by atomic mass is 10.6. The third-order valence-electron chi connectivity index (χ3n) is 0.184. The quantitative estimate of drug-likeness (QED) is 0.427. The van der Waals surface area contributed by atoms with Gasteiger partial charge in [0.2, 0.25) is 0 Å². The van der Waals surface area contributed by atoms with Crippen molar-refractivity contribution in [3.8, 4) is 0 Å². The number of allylic oxidation sites excluding steroid dienone is 2. The Morgan fingerprint density at radius 1 is 1.60 bits per heavy atom. The molecule has 1 heteroatoms. The highest BCUT2D eigenvalue weighted by atomic mass is 35.5. The van der Waals surface area contributed by atoms with Crippen molar-refractivity contribution in [3.05, 3.63) is 24.3 Å². The minimum absolute atomic E-state index is 1.35. The van der Waals surface area contributed by atoms with Crippen molar-refractivity contribution in [1.29, 1.82) is 0 Å². The van der Waals surface area contributed by atoms with E-state index in [0.29, 0.717) is 0 Å². The SMILES string of the molecule is [CH]=CC=CCl. The van der Waals surface area contributed by atoms with Gasteiger partial charge in [-0.3, -0.25) is 0 Å². The Bertz CT molecular complexity index is 45.6. The van der Waals surface area contributed by atoms with E-state index in [2.05, 4.69) is 0 Å². The predicted molar refractivity (Wildman–Crippen MR) is 23.9 cm³/mol. The lowest BCUT2D eigenvalue weighted by Crippen LogP contribution is -1.29. The second-order valence-corrected chi connectivity index (χ2v) is 0.763. The van der Waals surface area contributed by atoms with Crippen molar-refractivity contribution >= 4 is 11.6 Å². The summed E-state index contributed by atoms with van der Waals surface area (Å²) in [5, 5.41) is 0. The number of hydrogen-bond acceptors (Lipinski definition) is 0. The molecule has 0 rings (SSSR count). The molecule has 0 aliphatic carbocycles. The maximum Gasteiger partial charge on any atom is 0.00424 e. The fraction of sp³-hybridized carbons (Fsp3) is 0. The van der Waals surface area contributed by atoms with Crippen molar-refractivity contribution in [1.82, 2.24) is 0 Å². The molecule has 0 aromatic carbocycles. The van der Waals surface area contributed by atoms with Crippen molar-refractivity contribution in [3.63, 3.8) is 0 Å². The summed E-state index contributed by atoms with van der Waals surface area (Å²) in [6.45, 7) is 4.84. The van der Waals surface area contributed by atoms with Crippen LogP contribution < -0.4 is 0 Å². The summed E-state index contributed by atoms with van der Waals surface area (Å²) in [7, 11) is 0. The molecular formula is C4H4Cl. The average Bonchev–Trinajstić information content (AvgIpc) is 1.41. The van der Waals surface area contributed by atoms with Crippen molar-refractivity contribution in [2.24, 2.45) is 0 Å². The highest BCUT2D eigenvalue weighted by Gasteiger charge is 1.44. The van der Waals surface area contributed by atoms with E-state index >= 15 is 0 Å². The molecule has 0 saturated carbocycles. The molecule has 0 unspecified atom stereocenters. The molecule has 0 nitrogen and oxygen atoms in total. The van der Waals surface area contributed by atoms with Gasteiger partial charge in [-0.2, -0.15) is 0 Å². The van der Waals surface area contributed by atoms with Gasteiger partial charge in [-0.25, -0.2) is 0 Å². The molecule has 0 N–H and O–H groups in total. The Morgan fingerprint density at radius 3 is 2.20 bits per heavy atom. The van der Waals surface area contributed by atoms with Crippen LogP contribution in [0.15, 0.2) is 17.7 Å². The zero-order valence-electron chi connectivity index (χ0n) is 2.69. The summed E-state index contributed by atoms with van der Waals surface area (Å²) in [6, 6.07) is 0. The maximum absolute atomic E-state index is 5.01. The van der Waals surface area contributed by atoms with Gasteiger partial charge in [0.15, 0.2) is 0 Å². The van der Waals surface area contributed by atoms with Crippen LogP contribution in [0.3, 0.4) is 0 Å². The molecular weight excluding hydrogens is 83.5 g/mol. The Hall–Kier alpha value is -0.230. The van der Waals surface area contributed by atoms with Crippen LogP contribution in [0.25, 0.3) is 0 Å². The average molecular weight is 87.5 g/mol. The van der Waals surface area contributed by atoms with Gasteiger partial charge in [-0.15, -0.1) is 0 Å². The molecule has 0 atom stereocenters. The van der Waals surface area contributed by atoms with E-state index < -0.39 is 0 Å². The van der Waals surface area contributed by atoms with Crippen LogP contribution in [0.1, 0.15) is 0 Å². The van der Waals surface area contributed by atoms with Crippen molar-refractivity contribution in [2.45, 2.75) is 0 Å². The lowest BCUT2D eigenvalue weighted by Gasteiger charge is -1.53. The van der Waals surface area contributed by atoms with Crippen LogP contribution in [-0.2, 0) is 0 Å². The molecule has 0 saturated heterocycles. The second-order valence-electron chi connectivity index (χ2n) is 0.511. The standard InChI is InChI=1S/C4H4Cl/c1-2-3-4-5/h1-4H. The van der Waals surface area contributed by atoms with E-state index in [1.807, 2.05) is 0 Å². The topological polar surface area (TPSA) is 0 Å². The number of halogens is 1. The summed E-state index contributed by atoms with van der Waals surface area (Å²) in [4.78, 5) is 0. The molecule has 0 spiro atoms. The highest BCUT2D eigenvalue weighted by Crippen LogP contribution is 1.74. The minimum Gasteiger partial charge on any atom is -0.0930 e. The van der Waals surface area contributed by atoms with Crippen LogP contribution in [-0.4, -0.2) is 0 Å². The van der Waals surface area contributed by atoms with E-state index in [9.17, 15) is 0 Å². The Labute approximate surface area is 36.8 Å². The third kappa shape index (κ3) is 3.77. The van der Waals surface area contributed by atoms with Gasteiger partial charge in [0.1, 0.15) is 0 Å². The van der Waals surface area contributed by atoms with Gasteiger partial charge >= 0.3 is 0 Å². The highest BCUT2D eigenvalue weighted by molar-refractivity contribution is 6.25. The van der Waals surface area contributed by atoms with Gasteiger partial charge in [0, 0.05) is 5.54 Å². The van der Waals surface area contributed by atoms with Gasteiger partial charge in [-0.1, -0.05) is 30.3 Å². The molecule has 0 aromatic heterocycles. The largest absolute Gasteiger partial charge is 0.0930 e. The fourth-order valence-corrected chi connectivity index (χ4v) is 0.126. The Balaban J connectivity index is 2.92. The van der Waals surface area contributed by atoms with Crippen molar-refractivity contribution < 1.29 is 0 Å². The van der Waals surface area contributed by atoms with E-state index in [-0.39, 0.29) is 0 Å². The third-order valence-corrected chi connectivity index (χ3v) is 0.329. The minimum atomic E-state index is 1.35. The summed E-state index contributed by atoms with van der Waals surface area (Å²) >= 11 is 5.01. The molecule has 0 aliphatic rings. The molecule has 0 aliphatic heterocycles. The van der Waals surface area contributed by atoms with Gasteiger partial charge in [-0.05, 0) is 0 Å². The van der Waals surface area contributed by atoms with Crippen LogP contribution in [0.5, 0.6) is 0 Å². The molecule has 0 aromatic rings. The molecule has 0 bridgehead atoms. The molecule has 5 heavy (non-hydrogen) atoms. The molecule has 0 fully saturated rings. The first-order valence-electron chi connectivity index (χ1n) is 1.22. The van der Waals surface area contributed by atoms with E-state index in [1.165, 1.54) is 11.6 Å². The molecule has 27 valence electrons. The lowest BCUT2D eigenvalue weighted by molar-refractivity contribution is 2.08. The van der Waals surface area contributed by atoms with Crippen LogP contribution >= 0.6 is 11.6 Å². The molecule has 0 heterocycles. The second kappa shape index (κ2) is 3.77. The normalized spacial score (nSPS) is 9.00. The number of hydrogen-bond donors (Lipinski definition) is 0. The van der Waals surface area contributed by atoms with Gasteiger partial charge in [0.25, 0.3) is 0 Å². The summed E-state index contributed by atoms with van der Waals surface area (Å²) < 4.78 is 0. The van der Waals surface area contributed by atoms with Crippen LogP contribution in [0.4, 0.5) is 0 Å². The monoisotopic (exact) mass is 87.0 g/mol. The van der Waals surface area contributed by atoms with Gasteiger partial charge < -0.3 is 0 Å². The van der Waals surface area contributed by atoms with E-state index in [4.69, 9.17) is 18.2 Å². The van der Waals surface area contributed by atoms with Crippen LogP contribution in [0, 0.1) is 6.58 Å². The van der Waals surface area contributed by atoms with Gasteiger partial charge in [0.05, 0.1) is 0 Å². The first-order chi connectivity index (χ1) is 2.41.